The summed E-state index contributed by atoms with van der Waals surface area (Å²) in [5.41, 5.74) is 5.71. The van der Waals surface area contributed by atoms with Crippen molar-refractivity contribution in [3.05, 3.63) is 22.9 Å². The number of hydrogen-bond acceptors (Lipinski definition) is 4. The lowest BCUT2D eigenvalue weighted by Crippen LogP contribution is -2.07. The molecule has 1 heterocycles. The van der Waals surface area contributed by atoms with Gasteiger partial charge in [0.1, 0.15) is 5.69 Å². The van der Waals surface area contributed by atoms with Crippen molar-refractivity contribution in [3.8, 4) is 11.9 Å². The van der Waals surface area contributed by atoms with Crippen LogP contribution in [0.5, 0.6) is 5.88 Å². The Kier molecular flexibility index (Phi) is 4.14. The third-order valence-corrected chi connectivity index (χ3v) is 2.06. The monoisotopic (exact) mass is 227 g/mol. The molecule has 0 aliphatic rings. The first-order valence-electron chi connectivity index (χ1n) is 4.55. The largest absolute Gasteiger partial charge is 0.481 e. The lowest BCUT2D eigenvalue weighted by molar-refractivity contribution is 0.144. The van der Waals surface area contributed by atoms with Crippen molar-refractivity contribution in [2.45, 2.75) is 19.4 Å². The molecule has 86 valence electrons. The fourth-order valence-electron chi connectivity index (χ4n) is 1.34. The van der Waals surface area contributed by atoms with E-state index in [9.17, 15) is 8.78 Å². The van der Waals surface area contributed by atoms with Gasteiger partial charge >= 0.3 is 0 Å². The first-order chi connectivity index (χ1) is 7.63. The summed E-state index contributed by atoms with van der Waals surface area (Å²) in [6.45, 7) is 0.123. The van der Waals surface area contributed by atoms with E-state index in [-0.39, 0.29) is 24.4 Å². The third-order valence-electron chi connectivity index (χ3n) is 2.06. The number of nitrogens with two attached hydrogens (primary N) is 1. The van der Waals surface area contributed by atoms with Crippen molar-refractivity contribution in [2.24, 2.45) is 5.73 Å². The molecular weight excluding hydrogens is 216 g/mol. The maximum Gasteiger partial charge on any atom is 0.280 e. The zero-order valence-electron chi connectivity index (χ0n) is 8.70. The fraction of sp³-hybridized carbons (Fsp3) is 0.400. The number of nitrogens with zero attached hydrogens (tertiary/aromatic N) is 2. The summed E-state index contributed by atoms with van der Waals surface area (Å²) in [6, 6.07) is 3.25. The van der Waals surface area contributed by atoms with Gasteiger partial charge in [0, 0.05) is 12.1 Å². The minimum atomic E-state index is -2.73. The van der Waals surface area contributed by atoms with Gasteiger partial charge in [-0.25, -0.2) is 13.8 Å². The summed E-state index contributed by atoms with van der Waals surface area (Å²) in [5, 5.41) is 8.53. The number of halogens is 2. The Hall–Kier alpha value is -1.74. The molecule has 0 bridgehead atoms. The molecule has 1 aromatic rings. The molecular formula is C10H11F2N3O. The zero-order chi connectivity index (χ0) is 12.1. The van der Waals surface area contributed by atoms with E-state index in [2.05, 4.69) is 4.98 Å². The van der Waals surface area contributed by atoms with Crippen LogP contribution in [0.4, 0.5) is 8.78 Å². The van der Waals surface area contributed by atoms with Gasteiger partial charge in [-0.15, -0.1) is 0 Å². The predicted molar refractivity (Wildman–Crippen MR) is 53.0 cm³/mol. The van der Waals surface area contributed by atoms with E-state index < -0.39 is 12.1 Å². The third kappa shape index (κ3) is 2.44. The Labute approximate surface area is 91.7 Å². The van der Waals surface area contributed by atoms with Crippen LogP contribution in [0.25, 0.3) is 0 Å². The summed E-state index contributed by atoms with van der Waals surface area (Å²) in [7, 11) is 1.33. The lowest BCUT2D eigenvalue weighted by atomic mass is 10.1. The second kappa shape index (κ2) is 5.37. The first-order valence-corrected chi connectivity index (χ1v) is 4.55. The number of nitriles is 1. The molecule has 0 saturated carbocycles. The molecule has 0 spiro atoms. The van der Waals surface area contributed by atoms with Crippen molar-refractivity contribution >= 4 is 0 Å². The molecule has 1 rings (SSSR count). The highest BCUT2D eigenvalue weighted by atomic mass is 19.3. The van der Waals surface area contributed by atoms with Crippen LogP contribution in [-0.2, 0) is 13.0 Å². The molecule has 0 saturated heterocycles. The van der Waals surface area contributed by atoms with Crippen LogP contribution < -0.4 is 10.5 Å². The van der Waals surface area contributed by atoms with E-state index in [0.29, 0.717) is 5.56 Å². The van der Waals surface area contributed by atoms with Gasteiger partial charge in [-0.05, 0) is 11.6 Å². The van der Waals surface area contributed by atoms with E-state index in [4.69, 9.17) is 15.7 Å². The maximum absolute atomic E-state index is 12.6. The van der Waals surface area contributed by atoms with Crippen molar-refractivity contribution < 1.29 is 13.5 Å². The lowest BCUT2D eigenvalue weighted by Gasteiger charge is -2.11. The number of aromatic nitrogens is 1. The predicted octanol–water partition coefficient (Wildman–Crippen LogP) is 1.55. The Morgan fingerprint density at radius 2 is 2.25 bits per heavy atom. The summed E-state index contributed by atoms with van der Waals surface area (Å²) in [4.78, 5) is 3.68. The van der Waals surface area contributed by atoms with E-state index in [0.717, 1.165) is 0 Å². The minimum absolute atomic E-state index is 0.0829. The van der Waals surface area contributed by atoms with Crippen LogP contribution in [0.15, 0.2) is 6.07 Å². The van der Waals surface area contributed by atoms with Gasteiger partial charge in [0.25, 0.3) is 6.43 Å². The van der Waals surface area contributed by atoms with Gasteiger partial charge in [-0.2, -0.15) is 5.26 Å². The summed E-state index contributed by atoms with van der Waals surface area (Å²) in [6.07, 6.45) is -2.85. The van der Waals surface area contributed by atoms with E-state index in [1.54, 1.807) is 0 Å². The molecule has 0 unspecified atom stereocenters. The molecule has 1 aromatic heterocycles. The number of methoxy groups -OCH3 is 1. The molecule has 0 aliphatic carbocycles. The molecule has 0 atom stereocenters. The molecule has 0 fully saturated rings. The Balaban J connectivity index is 3.30. The second-order valence-corrected chi connectivity index (χ2v) is 3.04. The van der Waals surface area contributed by atoms with Crippen LogP contribution in [-0.4, -0.2) is 12.1 Å². The number of rotatable bonds is 4. The number of hydrogen-bond donors (Lipinski definition) is 1. The van der Waals surface area contributed by atoms with Gasteiger partial charge in [-0.1, -0.05) is 0 Å². The Bertz CT molecular complexity index is 415. The van der Waals surface area contributed by atoms with Crippen LogP contribution in [0, 0.1) is 11.3 Å². The van der Waals surface area contributed by atoms with Gasteiger partial charge in [0.05, 0.1) is 19.6 Å². The fourth-order valence-corrected chi connectivity index (χ4v) is 1.34. The van der Waals surface area contributed by atoms with Crippen LogP contribution in [0.2, 0.25) is 0 Å². The molecule has 0 radical (unpaired) electrons. The maximum atomic E-state index is 12.6. The van der Waals surface area contributed by atoms with Crippen molar-refractivity contribution in [2.75, 3.05) is 7.11 Å². The van der Waals surface area contributed by atoms with E-state index in [1.165, 1.54) is 13.2 Å². The highest BCUT2D eigenvalue weighted by Crippen LogP contribution is 2.26. The second-order valence-electron chi connectivity index (χ2n) is 3.04. The normalized spacial score (nSPS) is 10.2. The van der Waals surface area contributed by atoms with Crippen molar-refractivity contribution in [3.63, 3.8) is 0 Å². The smallest absolute Gasteiger partial charge is 0.280 e. The average Bonchev–Trinajstić information content (AvgIpc) is 2.28. The zero-order valence-corrected chi connectivity index (χ0v) is 8.70. The molecule has 2 N–H and O–H groups in total. The highest BCUT2D eigenvalue weighted by Gasteiger charge is 2.18. The van der Waals surface area contributed by atoms with Gasteiger partial charge in [0.2, 0.25) is 5.88 Å². The van der Waals surface area contributed by atoms with E-state index >= 15 is 0 Å². The standard InChI is InChI=1S/C10H11F2N3O/c1-16-10-7(5-14)4-6(2-3-13)8(15-10)9(11)12/h4,9H,2,5,14H2,1H3. The highest BCUT2D eigenvalue weighted by molar-refractivity contribution is 5.36. The summed E-state index contributed by atoms with van der Waals surface area (Å²) < 4.78 is 30.1. The van der Waals surface area contributed by atoms with Crippen LogP contribution in [0.1, 0.15) is 23.2 Å². The molecule has 4 nitrogen and oxygen atoms in total. The number of alkyl halides is 2. The quantitative estimate of drug-likeness (QED) is 0.847. The SMILES string of the molecule is COc1nc(C(F)F)c(CC#N)cc1CN. The molecule has 0 aliphatic heterocycles. The summed E-state index contributed by atoms with van der Waals surface area (Å²) in [5.74, 6) is 0.0829. The van der Waals surface area contributed by atoms with Crippen LogP contribution in [0.3, 0.4) is 0 Å². The molecule has 16 heavy (non-hydrogen) atoms. The Morgan fingerprint density at radius 3 is 2.69 bits per heavy atom. The molecule has 6 heteroatoms. The van der Waals surface area contributed by atoms with Gasteiger partial charge < -0.3 is 10.5 Å². The molecule has 0 aromatic carbocycles. The number of pyridine rings is 1. The average molecular weight is 227 g/mol. The first kappa shape index (κ1) is 12.3. The van der Waals surface area contributed by atoms with Crippen LogP contribution >= 0.6 is 0 Å². The number of ether oxygens (including phenoxy) is 1. The van der Waals surface area contributed by atoms with Gasteiger partial charge in [0.15, 0.2) is 0 Å². The minimum Gasteiger partial charge on any atom is -0.481 e. The molecule has 0 amide bonds. The van der Waals surface area contributed by atoms with Crippen molar-refractivity contribution in [1.29, 1.82) is 5.26 Å². The van der Waals surface area contributed by atoms with Gasteiger partial charge in [-0.3, -0.25) is 0 Å². The van der Waals surface area contributed by atoms with Crippen molar-refractivity contribution in [1.82, 2.24) is 4.98 Å². The topological polar surface area (TPSA) is 71.9 Å². The van der Waals surface area contributed by atoms with E-state index in [1.807, 2.05) is 6.07 Å². The summed E-state index contributed by atoms with van der Waals surface area (Å²) >= 11 is 0. The Morgan fingerprint density at radius 1 is 1.56 bits per heavy atom.